The van der Waals surface area contributed by atoms with Crippen molar-refractivity contribution in [2.75, 3.05) is 16.8 Å². The Morgan fingerprint density at radius 2 is 2.16 bits per heavy atom. The molecule has 0 radical (unpaired) electrons. The summed E-state index contributed by atoms with van der Waals surface area (Å²) >= 11 is 1.17. The topological polar surface area (TPSA) is 58.1 Å². The number of nitrogens with zero attached hydrogens (tertiary/aromatic N) is 3. The molecule has 0 fully saturated rings. The molecule has 0 unspecified atom stereocenters. The van der Waals surface area contributed by atoms with E-state index in [0.717, 1.165) is 18.5 Å². The van der Waals surface area contributed by atoms with E-state index in [0.29, 0.717) is 11.5 Å². The predicted molar refractivity (Wildman–Crippen MR) is 77.6 cm³/mol. The molecule has 6 heteroatoms. The Balaban J connectivity index is 2.10. The molecule has 1 aromatic heterocycles. The van der Waals surface area contributed by atoms with Crippen LogP contribution in [0, 0.1) is 0 Å². The summed E-state index contributed by atoms with van der Waals surface area (Å²) in [6, 6.07) is 9.50. The average Bonchev–Trinajstić information content (AvgIpc) is 2.93. The zero-order chi connectivity index (χ0) is 13.5. The highest BCUT2D eigenvalue weighted by Gasteiger charge is 2.15. The van der Waals surface area contributed by atoms with Crippen molar-refractivity contribution in [1.82, 2.24) is 9.59 Å². The molecule has 5 nitrogen and oxygen atoms in total. The van der Waals surface area contributed by atoms with Gasteiger partial charge in [-0.15, -0.1) is 5.10 Å². The number of anilines is 2. The summed E-state index contributed by atoms with van der Waals surface area (Å²) in [6.45, 7) is 2.80. The van der Waals surface area contributed by atoms with Crippen LogP contribution < -0.4 is 10.2 Å². The number of rotatable bonds is 5. The van der Waals surface area contributed by atoms with Gasteiger partial charge in [-0.25, -0.2) is 4.79 Å². The fourth-order valence-corrected chi connectivity index (χ4v) is 2.08. The Hall–Kier alpha value is -1.95. The summed E-state index contributed by atoms with van der Waals surface area (Å²) in [5.74, 6) is 0. The maximum atomic E-state index is 12.3. The average molecular weight is 276 g/mol. The molecule has 0 aliphatic carbocycles. The number of hydrogen-bond donors (Lipinski definition) is 1. The van der Waals surface area contributed by atoms with E-state index < -0.39 is 0 Å². The largest absolute Gasteiger partial charge is 0.327 e. The molecule has 0 saturated carbocycles. The fourth-order valence-electron chi connectivity index (χ4n) is 1.67. The number of urea groups is 1. The predicted octanol–water partition coefficient (Wildman–Crippen LogP) is 3.38. The van der Waals surface area contributed by atoms with Crippen LogP contribution in [0.15, 0.2) is 36.5 Å². The van der Waals surface area contributed by atoms with Crippen molar-refractivity contribution in [2.45, 2.75) is 19.8 Å². The molecule has 0 spiro atoms. The highest BCUT2D eigenvalue weighted by Crippen LogP contribution is 2.17. The SMILES string of the molecule is CCCCN(C(=O)Nc1cnns1)c1ccccc1. The molecule has 0 aliphatic heterocycles. The molecule has 1 aromatic carbocycles. The zero-order valence-corrected chi connectivity index (χ0v) is 11.6. The molecule has 1 heterocycles. The van der Waals surface area contributed by atoms with Gasteiger partial charge in [0.15, 0.2) is 0 Å². The molecule has 0 aliphatic rings. The van der Waals surface area contributed by atoms with Gasteiger partial charge in [0.25, 0.3) is 0 Å². The molecule has 2 aromatic rings. The van der Waals surface area contributed by atoms with Crippen LogP contribution >= 0.6 is 11.5 Å². The van der Waals surface area contributed by atoms with E-state index in [9.17, 15) is 4.79 Å². The summed E-state index contributed by atoms with van der Waals surface area (Å²) in [5, 5.41) is 7.17. The number of hydrogen-bond acceptors (Lipinski definition) is 4. The van der Waals surface area contributed by atoms with Gasteiger partial charge in [0, 0.05) is 23.8 Å². The van der Waals surface area contributed by atoms with Crippen molar-refractivity contribution < 1.29 is 4.79 Å². The quantitative estimate of drug-likeness (QED) is 0.910. The first-order chi connectivity index (χ1) is 9.31. The number of benzene rings is 1. The number of para-hydroxylation sites is 1. The molecule has 0 atom stereocenters. The molecule has 0 saturated heterocycles. The van der Waals surface area contributed by atoms with Gasteiger partial charge < -0.3 is 0 Å². The van der Waals surface area contributed by atoms with E-state index in [1.54, 1.807) is 11.1 Å². The highest BCUT2D eigenvalue weighted by atomic mass is 32.1. The first-order valence-electron chi connectivity index (χ1n) is 6.22. The van der Waals surface area contributed by atoms with Crippen LogP contribution in [0.25, 0.3) is 0 Å². The summed E-state index contributed by atoms with van der Waals surface area (Å²) < 4.78 is 3.73. The van der Waals surface area contributed by atoms with Crippen molar-refractivity contribution >= 4 is 28.3 Å². The van der Waals surface area contributed by atoms with E-state index in [1.807, 2.05) is 30.3 Å². The van der Waals surface area contributed by atoms with Crippen molar-refractivity contribution in [3.8, 4) is 0 Å². The molecule has 2 amide bonds. The second-order valence-electron chi connectivity index (χ2n) is 4.05. The van der Waals surface area contributed by atoms with Crippen molar-refractivity contribution in [2.24, 2.45) is 0 Å². The van der Waals surface area contributed by atoms with Crippen LogP contribution in [0.3, 0.4) is 0 Å². The second-order valence-corrected chi connectivity index (χ2v) is 4.84. The van der Waals surface area contributed by atoms with E-state index in [2.05, 4.69) is 21.8 Å². The van der Waals surface area contributed by atoms with E-state index in [4.69, 9.17) is 0 Å². The lowest BCUT2D eigenvalue weighted by Gasteiger charge is -2.22. The number of amides is 2. The van der Waals surface area contributed by atoms with Gasteiger partial charge in [0.05, 0.1) is 6.20 Å². The Labute approximate surface area is 116 Å². The third kappa shape index (κ3) is 3.75. The number of nitrogens with one attached hydrogen (secondary N) is 1. The van der Waals surface area contributed by atoms with Crippen LogP contribution in [-0.2, 0) is 0 Å². The van der Waals surface area contributed by atoms with Crippen molar-refractivity contribution in [3.05, 3.63) is 36.5 Å². The zero-order valence-electron chi connectivity index (χ0n) is 10.7. The third-order valence-electron chi connectivity index (χ3n) is 2.64. The number of carbonyl (C=O) groups is 1. The van der Waals surface area contributed by atoms with Gasteiger partial charge in [-0.05, 0) is 18.6 Å². The van der Waals surface area contributed by atoms with Crippen molar-refractivity contribution in [1.29, 1.82) is 0 Å². The van der Waals surface area contributed by atoms with E-state index >= 15 is 0 Å². The standard InChI is InChI=1S/C13H16N4OS/c1-2-3-9-17(11-7-5-4-6-8-11)13(18)15-12-10-14-16-19-12/h4-8,10H,2-3,9H2,1H3,(H,15,18). The minimum atomic E-state index is -0.147. The summed E-state index contributed by atoms with van der Waals surface area (Å²) in [7, 11) is 0. The Morgan fingerprint density at radius 3 is 2.79 bits per heavy atom. The molecular formula is C13H16N4OS. The van der Waals surface area contributed by atoms with Crippen LogP contribution in [-0.4, -0.2) is 22.2 Å². The van der Waals surface area contributed by atoms with Gasteiger partial charge in [-0.3, -0.25) is 10.2 Å². The summed E-state index contributed by atoms with van der Waals surface area (Å²) in [4.78, 5) is 14.0. The second kappa shape index (κ2) is 6.84. The lowest BCUT2D eigenvalue weighted by atomic mass is 10.2. The molecular weight excluding hydrogens is 260 g/mol. The van der Waals surface area contributed by atoms with E-state index in [1.165, 1.54) is 11.5 Å². The number of unbranched alkanes of at least 4 members (excludes halogenated alkanes) is 1. The molecule has 0 bridgehead atoms. The Morgan fingerprint density at radius 1 is 1.37 bits per heavy atom. The van der Waals surface area contributed by atoms with Crippen LogP contribution in [0.2, 0.25) is 0 Å². The minimum absolute atomic E-state index is 0.147. The highest BCUT2D eigenvalue weighted by molar-refractivity contribution is 7.10. The van der Waals surface area contributed by atoms with Gasteiger partial charge in [0.2, 0.25) is 0 Å². The maximum Gasteiger partial charge on any atom is 0.327 e. The third-order valence-corrected chi connectivity index (χ3v) is 3.22. The van der Waals surface area contributed by atoms with Gasteiger partial charge >= 0.3 is 6.03 Å². The van der Waals surface area contributed by atoms with Crippen LogP contribution in [0.1, 0.15) is 19.8 Å². The molecule has 100 valence electrons. The summed E-state index contributed by atoms with van der Waals surface area (Å²) in [5.41, 5.74) is 0.894. The normalized spacial score (nSPS) is 10.2. The Bertz CT molecular complexity index is 501. The number of aromatic nitrogens is 2. The lowest BCUT2D eigenvalue weighted by Crippen LogP contribution is -2.35. The van der Waals surface area contributed by atoms with Gasteiger partial charge in [-0.2, -0.15) is 0 Å². The first-order valence-corrected chi connectivity index (χ1v) is 6.99. The van der Waals surface area contributed by atoms with Crippen LogP contribution in [0.5, 0.6) is 0 Å². The number of carbonyl (C=O) groups excluding carboxylic acids is 1. The lowest BCUT2D eigenvalue weighted by molar-refractivity contribution is 0.257. The monoisotopic (exact) mass is 276 g/mol. The van der Waals surface area contributed by atoms with Crippen molar-refractivity contribution in [3.63, 3.8) is 0 Å². The fraction of sp³-hybridized carbons (Fsp3) is 0.308. The minimum Gasteiger partial charge on any atom is -0.296 e. The maximum absolute atomic E-state index is 12.3. The Kier molecular flexibility index (Phi) is 4.85. The van der Waals surface area contributed by atoms with Crippen LogP contribution in [0.4, 0.5) is 15.5 Å². The van der Waals surface area contributed by atoms with Gasteiger partial charge in [0.1, 0.15) is 5.00 Å². The van der Waals surface area contributed by atoms with E-state index in [-0.39, 0.29) is 6.03 Å². The van der Waals surface area contributed by atoms with Gasteiger partial charge in [-0.1, -0.05) is 36.0 Å². The molecule has 1 N–H and O–H groups in total. The first kappa shape index (κ1) is 13.5. The molecule has 2 rings (SSSR count). The smallest absolute Gasteiger partial charge is 0.296 e. The molecule has 19 heavy (non-hydrogen) atoms. The summed E-state index contributed by atoms with van der Waals surface area (Å²) in [6.07, 6.45) is 3.55.